The van der Waals surface area contributed by atoms with Crippen molar-refractivity contribution in [1.29, 1.82) is 0 Å². The maximum absolute atomic E-state index is 11.8. The zero-order valence-electron chi connectivity index (χ0n) is 9.73. The lowest BCUT2D eigenvalue weighted by atomic mass is 9.98. The van der Waals surface area contributed by atoms with E-state index in [0.29, 0.717) is 17.5 Å². The molecule has 3 nitrogen and oxygen atoms in total. The van der Waals surface area contributed by atoms with Gasteiger partial charge in [0, 0.05) is 18.1 Å². The largest absolute Gasteiger partial charge is 0.350 e. The van der Waals surface area contributed by atoms with Crippen LogP contribution >= 0.6 is 15.9 Å². The van der Waals surface area contributed by atoms with E-state index in [2.05, 4.69) is 26.2 Å². The molecule has 1 aliphatic rings. The van der Waals surface area contributed by atoms with Crippen molar-refractivity contribution in [3.05, 3.63) is 30.1 Å². The highest BCUT2D eigenvalue weighted by molar-refractivity contribution is 9.09. The first-order valence-corrected chi connectivity index (χ1v) is 7.18. The summed E-state index contributed by atoms with van der Waals surface area (Å²) in [7, 11) is 0. The lowest BCUT2D eigenvalue weighted by molar-refractivity contribution is 0.0940. The normalized spacial score (nSPS) is 23.6. The predicted molar refractivity (Wildman–Crippen MR) is 71.2 cm³/mol. The Hall–Kier alpha value is -0.900. The molecule has 1 aromatic rings. The highest BCUT2D eigenvalue weighted by Gasteiger charge is 2.26. The number of hydrogen-bond acceptors (Lipinski definition) is 2. The van der Waals surface area contributed by atoms with Crippen molar-refractivity contribution in [3.63, 3.8) is 0 Å². The lowest BCUT2D eigenvalue weighted by Crippen LogP contribution is -2.31. The van der Waals surface area contributed by atoms with Crippen molar-refractivity contribution in [2.45, 2.75) is 19.3 Å². The molecule has 1 N–H and O–H groups in total. The van der Waals surface area contributed by atoms with Crippen molar-refractivity contribution in [1.82, 2.24) is 10.3 Å². The van der Waals surface area contributed by atoms with E-state index in [1.807, 2.05) is 12.1 Å². The topological polar surface area (TPSA) is 42.0 Å². The zero-order valence-corrected chi connectivity index (χ0v) is 11.3. The maximum Gasteiger partial charge on any atom is 0.269 e. The molecule has 2 rings (SSSR count). The summed E-state index contributed by atoms with van der Waals surface area (Å²) >= 11 is 3.54. The van der Waals surface area contributed by atoms with Gasteiger partial charge in [-0.3, -0.25) is 9.78 Å². The Labute approximate surface area is 110 Å². The van der Waals surface area contributed by atoms with Crippen LogP contribution in [0.5, 0.6) is 0 Å². The fourth-order valence-electron chi connectivity index (χ4n) is 2.40. The van der Waals surface area contributed by atoms with Gasteiger partial charge in [-0.05, 0) is 36.8 Å². The molecule has 0 spiro atoms. The summed E-state index contributed by atoms with van der Waals surface area (Å²) < 4.78 is 0. The number of rotatable bonds is 4. The van der Waals surface area contributed by atoms with Gasteiger partial charge in [-0.2, -0.15) is 0 Å². The standard InChI is InChI=1S/C13H17BrN2O/c14-8-10-4-3-5-11(10)9-16-13(17)12-6-1-2-7-15-12/h1-2,6-7,10-11H,3-5,8-9H2,(H,16,17). The van der Waals surface area contributed by atoms with Crippen molar-refractivity contribution in [2.75, 3.05) is 11.9 Å². The van der Waals surface area contributed by atoms with E-state index >= 15 is 0 Å². The second-order valence-corrected chi connectivity index (χ2v) is 5.18. The smallest absolute Gasteiger partial charge is 0.269 e. The maximum atomic E-state index is 11.8. The first kappa shape index (κ1) is 12.6. The van der Waals surface area contributed by atoms with Gasteiger partial charge < -0.3 is 5.32 Å². The molecule has 0 aliphatic heterocycles. The number of carbonyl (C=O) groups excluding carboxylic acids is 1. The molecule has 0 saturated heterocycles. The molecule has 1 aromatic heterocycles. The van der Waals surface area contributed by atoms with E-state index in [0.717, 1.165) is 11.9 Å². The molecule has 2 atom stereocenters. The first-order chi connectivity index (χ1) is 8.31. The molecule has 1 heterocycles. The third kappa shape index (κ3) is 3.28. The molecule has 2 unspecified atom stereocenters. The average molecular weight is 297 g/mol. The van der Waals surface area contributed by atoms with Gasteiger partial charge in [0.2, 0.25) is 0 Å². The monoisotopic (exact) mass is 296 g/mol. The molecule has 0 radical (unpaired) electrons. The van der Waals surface area contributed by atoms with Gasteiger partial charge in [0.1, 0.15) is 5.69 Å². The first-order valence-electron chi connectivity index (χ1n) is 6.06. The van der Waals surface area contributed by atoms with Crippen molar-refractivity contribution < 1.29 is 4.79 Å². The van der Waals surface area contributed by atoms with Crippen molar-refractivity contribution in [3.8, 4) is 0 Å². The molecule has 17 heavy (non-hydrogen) atoms. The molecule has 92 valence electrons. The van der Waals surface area contributed by atoms with Crippen LogP contribution in [0, 0.1) is 11.8 Å². The summed E-state index contributed by atoms with van der Waals surface area (Å²) in [6.07, 6.45) is 5.42. The van der Waals surface area contributed by atoms with Crippen LogP contribution in [0.1, 0.15) is 29.8 Å². The Bertz CT molecular complexity index is 369. The van der Waals surface area contributed by atoms with Gasteiger partial charge in [0.15, 0.2) is 0 Å². The van der Waals surface area contributed by atoms with Crippen LogP contribution in [-0.2, 0) is 0 Å². The SMILES string of the molecule is O=C(NCC1CCCC1CBr)c1ccccn1. The fourth-order valence-corrected chi connectivity index (χ4v) is 3.25. The molecule has 1 saturated carbocycles. The Kier molecular flexibility index (Phi) is 4.54. The molecule has 0 aromatic carbocycles. The summed E-state index contributed by atoms with van der Waals surface area (Å²) in [4.78, 5) is 15.9. The number of pyridine rings is 1. The second kappa shape index (κ2) is 6.15. The number of amides is 1. The molecule has 1 fully saturated rings. The average Bonchev–Trinajstić information content (AvgIpc) is 2.84. The van der Waals surface area contributed by atoms with Crippen LogP contribution < -0.4 is 5.32 Å². The number of nitrogens with zero attached hydrogens (tertiary/aromatic N) is 1. The number of carbonyl (C=O) groups is 1. The lowest BCUT2D eigenvalue weighted by Gasteiger charge is -2.17. The quantitative estimate of drug-likeness (QED) is 0.868. The minimum atomic E-state index is -0.0641. The number of halogens is 1. The van der Waals surface area contributed by atoms with Crippen LogP contribution in [0.4, 0.5) is 0 Å². The summed E-state index contributed by atoms with van der Waals surface area (Å²) in [6.45, 7) is 0.770. The summed E-state index contributed by atoms with van der Waals surface area (Å²) in [5.74, 6) is 1.26. The highest BCUT2D eigenvalue weighted by atomic mass is 79.9. The number of aromatic nitrogens is 1. The van der Waals surface area contributed by atoms with Crippen molar-refractivity contribution >= 4 is 21.8 Å². The number of nitrogens with one attached hydrogen (secondary N) is 1. The van der Waals surface area contributed by atoms with E-state index in [1.54, 1.807) is 12.3 Å². The Morgan fingerprint density at radius 1 is 1.41 bits per heavy atom. The molecular weight excluding hydrogens is 280 g/mol. The third-order valence-corrected chi connectivity index (χ3v) is 4.27. The van der Waals surface area contributed by atoms with Crippen LogP contribution in [0.3, 0.4) is 0 Å². The van der Waals surface area contributed by atoms with Crippen LogP contribution in [-0.4, -0.2) is 22.8 Å². The molecule has 1 amide bonds. The van der Waals surface area contributed by atoms with Gasteiger partial charge >= 0.3 is 0 Å². The third-order valence-electron chi connectivity index (χ3n) is 3.44. The molecule has 1 aliphatic carbocycles. The van der Waals surface area contributed by atoms with E-state index in [-0.39, 0.29) is 5.91 Å². The van der Waals surface area contributed by atoms with Gasteiger partial charge in [0.05, 0.1) is 0 Å². The second-order valence-electron chi connectivity index (χ2n) is 4.53. The van der Waals surface area contributed by atoms with Crippen molar-refractivity contribution in [2.24, 2.45) is 11.8 Å². The summed E-state index contributed by atoms with van der Waals surface area (Å²) in [6, 6.07) is 5.39. The Balaban J connectivity index is 1.84. The van der Waals surface area contributed by atoms with Crippen LogP contribution in [0.15, 0.2) is 24.4 Å². The molecule has 4 heteroatoms. The predicted octanol–water partition coefficient (Wildman–Crippen LogP) is 2.62. The van der Waals surface area contributed by atoms with Gasteiger partial charge in [0.25, 0.3) is 5.91 Å². The molecule has 0 bridgehead atoms. The summed E-state index contributed by atoms with van der Waals surface area (Å²) in [5, 5.41) is 4.02. The molecular formula is C13H17BrN2O. The summed E-state index contributed by atoms with van der Waals surface area (Å²) in [5.41, 5.74) is 0.501. The van der Waals surface area contributed by atoms with E-state index in [4.69, 9.17) is 0 Å². The van der Waals surface area contributed by atoms with E-state index in [9.17, 15) is 4.79 Å². The van der Waals surface area contributed by atoms with Crippen LogP contribution in [0.2, 0.25) is 0 Å². The zero-order chi connectivity index (χ0) is 12.1. The Morgan fingerprint density at radius 2 is 2.24 bits per heavy atom. The number of alkyl halides is 1. The van der Waals surface area contributed by atoms with Gasteiger partial charge in [-0.15, -0.1) is 0 Å². The minimum absolute atomic E-state index is 0.0641. The highest BCUT2D eigenvalue weighted by Crippen LogP contribution is 2.32. The fraction of sp³-hybridized carbons (Fsp3) is 0.538. The van der Waals surface area contributed by atoms with E-state index in [1.165, 1.54) is 19.3 Å². The van der Waals surface area contributed by atoms with Gasteiger partial charge in [-0.25, -0.2) is 0 Å². The van der Waals surface area contributed by atoms with Gasteiger partial charge in [-0.1, -0.05) is 28.4 Å². The van der Waals surface area contributed by atoms with E-state index < -0.39 is 0 Å². The minimum Gasteiger partial charge on any atom is -0.350 e. The Morgan fingerprint density at radius 3 is 2.94 bits per heavy atom. The van der Waals surface area contributed by atoms with Crippen LogP contribution in [0.25, 0.3) is 0 Å². The number of hydrogen-bond donors (Lipinski definition) is 1.